The molecule has 7 heteroatoms. The molecule has 0 aromatic heterocycles. The van der Waals surface area contributed by atoms with Gasteiger partial charge in [0.2, 0.25) is 0 Å². The molecule has 0 amide bonds. The molecule has 152 valence electrons. The van der Waals surface area contributed by atoms with Crippen molar-refractivity contribution in [1.29, 1.82) is 0 Å². The first-order chi connectivity index (χ1) is 14.1. The third-order valence-corrected chi connectivity index (χ3v) is 6.65. The van der Waals surface area contributed by atoms with Crippen LogP contribution in [0.3, 0.4) is 0 Å². The average Bonchev–Trinajstić information content (AvgIpc) is 3.43. The van der Waals surface area contributed by atoms with E-state index in [0.29, 0.717) is 19.0 Å². The van der Waals surface area contributed by atoms with E-state index in [2.05, 4.69) is 46.4 Å². The van der Waals surface area contributed by atoms with Crippen LogP contribution >= 0.6 is 15.9 Å². The summed E-state index contributed by atoms with van der Waals surface area (Å²) in [7, 11) is 0. The van der Waals surface area contributed by atoms with Gasteiger partial charge < -0.3 is 5.32 Å². The summed E-state index contributed by atoms with van der Waals surface area (Å²) in [6.07, 6.45) is 6.56. The molecule has 1 saturated carbocycles. The number of fused-ring (bicyclic) bond motifs is 3. The van der Waals surface area contributed by atoms with E-state index in [4.69, 9.17) is 9.97 Å². The lowest BCUT2D eigenvalue weighted by Crippen LogP contribution is -2.32. The molecule has 1 aromatic rings. The summed E-state index contributed by atoms with van der Waals surface area (Å²) in [5.74, 6) is 2.95. The second-order valence-electron chi connectivity index (χ2n) is 8.30. The highest BCUT2D eigenvalue weighted by Crippen LogP contribution is 2.37. The molecule has 1 N–H and O–H groups in total. The average molecular weight is 456 g/mol. The van der Waals surface area contributed by atoms with Crippen molar-refractivity contribution in [2.75, 3.05) is 5.32 Å². The topological polar surface area (TPSA) is 64.7 Å². The number of halogens is 1. The molecule has 0 bridgehead atoms. The van der Waals surface area contributed by atoms with Gasteiger partial charge in [0.05, 0.1) is 0 Å². The lowest BCUT2D eigenvalue weighted by atomic mass is 10.1. The predicted octanol–water partition coefficient (Wildman–Crippen LogP) is 4.41. The monoisotopic (exact) mass is 455 g/mol. The summed E-state index contributed by atoms with van der Waals surface area (Å²) < 4.78 is 4.77. The Hall–Kier alpha value is -2.15. The lowest BCUT2D eigenvalue weighted by molar-refractivity contribution is 0.560. The Kier molecular flexibility index (Phi) is 4.94. The molecule has 1 unspecified atom stereocenters. The maximum Gasteiger partial charge on any atom is 0.331 e. The van der Waals surface area contributed by atoms with Crippen LogP contribution in [0.15, 0.2) is 33.5 Å². The van der Waals surface area contributed by atoms with E-state index < -0.39 is 0 Å². The van der Waals surface area contributed by atoms with Gasteiger partial charge in [-0.3, -0.25) is 9.13 Å². The van der Waals surface area contributed by atoms with Crippen LogP contribution in [0.2, 0.25) is 0 Å². The van der Waals surface area contributed by atoms with Crippen molar-refractivity contribution < 1.29 is 0 Å². The molecule has 1 fully saturated rings. The van der Waals surface area contributed by atoms with Gasteiger partial charge in [0.1, 0.15) is 17.3 Å². The largest absolute Gasteiger partial charge is 0.365 e. The number of benzene rings is 1. The van der Waals surface area contributed by atoms with Gasteiger partial charge in [0.15, 0.2) is 5.82 Å². The predicted molar refractivity (Wildman–Crippen MR) is 118 cm³/mol. The fourth-order valence-corrected chi connectivity index (χ4v) is 5.24. The van der Waals surface area contributed by atoms with Gasteiger partial charge in [-0.1, -0.05) is 47.8 Å². The zero-order chi connectivity index (χ0) is 20.0. The molecule has 0 spiro atoms. The third-order valence-electron chi connectivity index (χ3n) is 6.15. The Balaban J connectivity index is 1.53. The van der Waals surface area contributed by atoms with Crippen LogP contribution in [0.25, 0.3) is 11.5 Å². The first-order valence-corrected chi connectivity index (χ1v) is 11.4. The summed E-state index contributed by atoms with van der Waals surface area (Å²) in [5, 5.41) is 3.59. The Bertz CT molecular complexity index is 1070. The van der Waals surface area contributed by atoms with E-state index in [1.54, 1.807) is 0 Å². The van der Waals surface area contributed by atoms with Gasteiger partial charge in [-0.05, 0) is 43.4 Å². The number of aromatic nitrogens is 4. The molecule has 29 heavy (non-hydrogen) atoms. The smallest absolute Gasteiger partial charge is 0.331 e. The van der Waals surface area contributed by atoms with E-state index in [-0.39, 0.29) is 11.7 Å². The highest BCUT2D eigenvalue weighted by atomic mass is 79.9. The fraction of sp³-hybridized carbons (Fsp3) is 0.500. The molecule has 6 nitrogen and oxygen atoms in total. The number of rotatable bonds is 5. The highest BCUT2D eigenvalue weighted by molar-refractivity contribution is 9.10. The normalized spacial score (nSPS) is 19.0. The summed E-state index contributed by atoms with van der Waals surface area (Å²) in [6, 6.07) is 8.53. The number of anilines is 1. The van der Waals surface area contributed by atoms with Crippen molar-refractivity contribution in [3.8, 4) is 11.5 Å². The van der Waals surface area contributed by atoms with Gasteiger partial charge in [-0.2, -0.15) is 0 Å². The van der Waals surface area contributed by atoms with Crippen LogP contribution in [0.1, 0.15) is 56.3 Å². The molecular formula is C22H26BrN5O. The summed E-state index contributed by atoms with van der Waals surface area (Å²) in [6.45, 7) is 3.43. The van der Waals surface area contributed by atoms with Gasteiger partial charge in [-0.15, -0.1) is 0 Å². The van der Waals surface area contributed by atoms with Gasteiger partial charge in [-0.25, -0.2) is 14.8 Å². The molecule has 1 aromatic carbocycles. The zero-order valence-corrected chi connectivity index (χ0v) is 18.3. The lowest BCUT2D eigenvalue weighted by Gasteiger charge is -2.13. The van der Waals surface area contributed by atoms with Crippen LogP contribution in [-0.4, -0.2) is 25.1 Å². The van der Waals surface area contributed by atoms with E-state index >= 15 is 0 Å². The fourth-order valence-electron chi connectivity index (χ4n) is 4.79. The van der Waals surface area contributed by atoms with Crippen LogP contribution < -0.4 is 11.0 Å². The number of hydrogen-bond acceptors (Lipinski definition) is 4. The van der Waals surface area contributed by atoms with Crippen LogP contribution in [0.4, 0.5) is 5.82 Å². The van der Waals surface area contributed by atoms with E-state index in [0.717, 1.165) is 53.3 Å². The molecule has 0 radical (unpaired) electrons. The van der Waals surface area contributed by atoms with Crippen LogP contribution in [-0.2, 0) is 19.5 Å². The molecule has 1 aliphatic carbocycles. The molecule has 5 rings (SSSR count). The molecule has 3 heterocycles. The molecular weight excluding hydrogens is 430 g/mol. The molecule has 3 aliphatic heterocycles. The SMILES string of the molecule is CCCn1c2nc(C3CCCC3)nc-2c2n(c1=O)CC(Cc1cccc(Br)c1)N2. The van der Waals surface area contributed by atoms with E-state index in [9.17, 15) is 4.79 Å². The number of nitrogens with one attached hydrogen (secondary N) is 1. The Morgan fingerprint density at radius 3 is 2.83 bits per heavy atom. The maximum atomic E-state index is 13.3. The van der Waals surface area contributed by atoms with Crippen molar-refractivity contribution in [2.45, 2.75) is 70.5 Å². The zero-order valence-electron chi connectivity index (χ0n) is 16.7. The quantitative estimate of drug-likeness (QED) is 0.618. The van der Waals surface area contributed by atoms with Gasteiger partial charge in [0.25, 0.3) is 0 Å². The first kappa shape index (κ1) is 18.9. The standard InChI is InChI=1S/C22H26BrN5O/c1-2-10-27-21-18(25-19(26-21)15-7-3-4-8-15)20-24-17(13-28(20)22(27)29)12-14-6-5-9-16(23)11-14/h5-6,9,11,15,17,24H,2-4,7-8,10,12-13H2,1H3. The Morgan fingerprint density at radius 2 is 2.07 bits per heavy atom. The summed E-state index contributed by atoms with van der Waals surface area (Å²) in [4.78, 5) is 23.1. The molecule has 4 aliphatic rings. The molecule has 0 saturated heterocycles. The van der Waals surface area contributed by atoms with Crippen LogP contribution in [0, 0.1) is 0 Å². The van der Waals surface area contributed by atoms with E-state index in [1.807, 2.05) is 15.2 Å². The second-order valence-corrected chi connectivity index (χ2v) is 9.22. The van der Waals surface area contributed by atoms with Crippen LogP contribution in [0.5, 0.6) is 0 Å². The van der Waals surface area contributed by atoms with Gasteiger partial charge in [0, 0.05) is 29.5 Å². The first-order valence-electron chi connectivity index (χ1n) is 10.7. The third kappa shape index (κ3) is 3.39. The van der Waals surface area contributed by atoms with Gasteiger partial charge >= 0.3 is 5.69 Å². The minimum atomic E-state index is 0.0245. The minimum Gasteiger partial charge on any atom is -0.365 e. The van der Waals surface area contributed by atoms with Crippen molar-refractivity contribution in [1.82, 2.24) is 19.1 Å². The minimum absolute atomic E-state index is 0.0245. The van der Waals surface area contributed by atoms with Crippen molar-refractivity contribution in [3.63, 3.8) is 0 Å². The van der Waals surface area contributed by atoms with Crippen molar-refractivity contribution in [2.24, 2.45) is 0 Å². The Labute approximate surface area is 178 Å². The Morgan fingerprint density at radius 1 is 1.24 bits per heavy atom. The second kappa shape index (κ2) is 7.59. The number of imidazole rings is 1. The number of nitrogens with zero attached hydrogens (tertiary/aromatic N) is 4. The van der Waals surface area contributed by atoms with Crippen molar-refractivity contribution >= 4 is 21.7 Å². The summed E-state index contributed by atoms with van der Waals surface area (Å²) >= 11 is 3.55. The van der Waals surface area contributed by atoms with Crippen molar-refractivity contribution in [3.05, 3.63) is 50.6 Å². The highest BCUT2D eigenvalue weighted by Gasteiger charge is 2.33. The van der Waals surface area contributed by atoms with E-state index in [1.165, 1.54) is 18.4 Å². The molecule has 1 atom stereocenters. The summed E-state index contributed by atoms with van der Waals surface area (Å²) in [5.41, 5.74) is 2.13. The number of hydrogen-bond donors (Lipinski definition) is 1. The maximum absolute atomic E-state index is 13.3.